The van der Waals surface area contributed by atoms with E-state index in [0.29, 0.717) is 19.7 Å². The van der Waals surface area contributed by atoms with E-state index in [-0.39, 0.29) is 11.3 Å². The fourth-order valence-corrected chi connectivity index (χ4v) is 4.89. The van der Waals surface area contributed by atoms with E-state index in [1.54, 1.807) is 11.3 Å². The molecule has 1 aromatic heterocycles. The molecule has 1 amide bonds. The van der Waals surface area contributed by atoms with E-state index in [9.17, 15) is 4.79 Å². The van der Waals surface area contributed by atoms with Gasteiger partial charge in [-0.05, 0) is 29.8 Å². The molecule has 0 aliphatic carbocycles. The number of ether oxygens (including phenoxy) is 1. The lowest BCUT2D eigenvalue weighted by Crippen LogP contribution is -2.46. The van der Waals surface area contributed by atoms with Crippen LogP contribution in [0, 0.1) is 0 Å². The van der Waals surface area contributed by atoms with E-state index >= 15 is 0 Å². The zero-order valence-corrected chi connectivity index (χ0v) is 21.1. The molecule has 0 atom stereocenters. The number of carbonyl (C=O) groups excluding carboxylic acids is 1. The van der Waals surface area contributed by atoms with E-state index in [1.807, 2.05) is 47.4 Å². The molecule has 1 N–H and O–H groups in total. The van der Waals surface area contributed by atoms with Gasteiger partial charge in [0.15, 0.2) is 5.13 Å². The van der Waals surface area contributed by atoms with Crippen LogP contribution in [0.3, 0.4) is 0 Å². The lowest BCUT2D eigenvalue weighted by Gasteiger charge is -2.27. The van der Waals surface area contributed by atoms with Gasteiger partial charge >= 0.3 is 0 Å². The molecule has 4 rings (SSSR count). The molecule has 2 aromatic carbocycles. The van der Waals surface area contributed by atoms with Gasteiger partial charge in [-0.1, -0.05) is 51.1 Å². The Kier molecular flexibility index (Phi) is 7.85. The molecule has 1 aliphatic heterocycles. The van der Waals surface area contributed by atoms with Crippen molar-refractivity contribution in [1.82, 2.24) is 15.2 Å². The van der Waals surface area contributed by atoms with E-state index in [1.165, 1.54) is 0 Å². The van der Waals surface area contributed by atoms with Gasteiger partial charge in [0.1, 0.15) is 12.4 Å². The van der Waals surface area contributed by atoms with Gasteiger partial charge in [0, 0.05) is 49.1 Å². The third-order valence-electron chi connectivity index (χ3n) is 5.88. The van der Waals surface area contributed by atoms with Crippen LogP contribution in [0.4, 0.5) is 5.13 Å². The van der Waals surface area contributed by atoms with Crippen LogP contribution in [0.1, 0.15) is 42.4 Å². The van der Waals surface area contributed by atoms with Crippen LogP contribution in [0.2, 0.25) is 0 Å². The molecule has 180 valence electrons. The van der Waals surface area contributed by atoms with E-state index in [4.69, 9.17) is 9.72 Å². The summed E-state index contributed by atoms with van der Waals surface area (Å²) in [6, 6.07) is 17.9. The van der Waals surface area contributed by atoms with Crippen LogP contribution < -0.4 is 15.0 Å². The Bertz CT molecular complexity index is 1050. The largest absolute Gasteiger partial charge is 0.492 e. The molecule has 1 aliphatic rings. The second-order valence-electron chi connectivity index (χ2n) is 9.59. The quantitative estimate of drug-likeness (QED) is 0.514. The highest BCUT2D eigenvalue weighted by Gasteiger charge is 2.21. The maximum absolute atomic E-state index is 12.8. The number of carbonyl (C=O) groups is 1. The highest BCUT2D eigenvalue weighted by atomic mass is 32.1. The monoisotopic (exact) mass is 478 g/mol. The van der Waals surface area contributed by atoms with Crippen molar-refractivity contribution in [2.24, 2.45) is 0 Å². The van der Waals surface area contributed by atoms with Crippen molar-refractivity contribution in [3.05, 3.63) is 76.8 Å². The molecule has 2 heterocycles. The number of nitrogens with zero attached hydrogens (tertiary/aromatic N) is 3. The van der Waals surface area contributed by atoms with E-state index in [0.717, 1.165) is 53.9 Å². The number of thiazole rings is 1. The molecular formula is C27H34N4O2S. The number of anilines is 1. The Balaban J connectivity index is 1.45. The Morgan fingerprint density at radius 3 is 2.44 bits per heavy atom. The van der Waals surface area contributed by atoms with Gasteiger partial charge in [-0.25, -0.2) is 4.98 Å². The summed E-state index contributed by atoms with van der Waals surface area (Å²) in [7, 11) is 0. The van der Waals surface area contributed by atoms with Crippen molar-refractivity contribution in [3.8, 4) is 5.75 Å². The average molecular weight is 479 g/mol. The summed E-state index contributed by atoms with van der Waals surface area (Å²) in [6.45, 7) is 11.8. The number of piperazine rings is 1. The summed E-state index contributed by atoms with van der Waals surface area (Å²) < 4.78 is 5.97. The van der Waals surface area contributed by atoms with Gasteiger partial charge in [0.25, 0.3) is 5.91 Å². The minimum absolute atomic E-state index is 0.00689. The molecule has 1 fully saturated rings. The fraction of sp³-hybridized carbons (Fsp3) is 0.407. The first-order chi connectivity index (χ1) is 16.4. The van der Waals surface area contributed by atoms with Gasteiger partial charge in [-0.15, -0.1) is 11.3 Å². The zero-order valence-electron chi connectivity index (χ0n) is 20.3. The van der Waals surface area contributed by atoms with Gasteiger partial charge < -0.3 is 19.9 Å². The number of amides is 1. The predicted octanol–water partition coefficient (Wildman–Crippen LogP) is 4.57. The number of benzene rings is 2. The molecule has 0 spiro atoms. The van der Waals surface area contributed by atoms with Crippen LogP contribution in [0.25, 0.3) is 0 Å². The highest BCUT2D eigenvalue weighted by Crippen LogP contribution is 2.29. The Morgan fingerprint density at radius 2 is 1.79 bits per heavy atom. The lowest BCUT2D eigenvalue weighted by molar-refractivity contribution is 0.0736. The fourth-order valence-electron chi connectivity index (χ4n) is 3.81. The second-order valence-corrected chi connectivity index (χ2v) is 10.4. The second kappa shape index (κ2) is 11.0. The molecular weight excluding hydrogens is 444 g/mol. The van der Waals surface area contributed by atoms with Crippen LogP contribution in [0.15, 0.2) is 60.0 Å². The van der Waals surface area contributed by atoms with Gasteiger partial charge in [0.05, 0.1) is 12.2 Å². The SMILES string of the molecule is CC(C)(C)c1csc(N(CCOc2ccccc2)Cc2ccc(C(=O)N3CCNCC3)cc2)n1. The average Bonchev–Trinajstić information content (AvgIpc) is 3.36. The summed E-state index contributed by atoms with van der Waals surface area (Å²) in [5.41, 5.74) is 2.99. The number of rotatable bonds is 8. The molecule has 1 saturated heterocycles. The molecule has 34 heavy (non-hydrogen) atoms. The van der Waals surface area contributed by atoms with Gasteiger partial charge in [0.2, 0.25) is 0 Å². The van der Waals surface area contributed by atoms with E-state index in [2.05, 4.69) is 48.5 Å². The molecule has 0 unspecified atom stereocenters. The summed E-state index contributed by atoms with van der Waals surface area (Å²) in [6.07, 6.45) is 0. The third-order valence-corrected chi connectivity index (χ3v) is 6.78. The Hall–Kier alpha value is -2.90. The number of aromatic nitrogens is 1. The van der Waals surface area contributed by atoms with Crippen molar-refractivity contribution >= 4 is 22.4 Å². The van der Waals surface area contributed by atoms with Crippen molar-refractivity contribution in [3.63, 3.8) is 0 Å². The highest BCUT2D eigenvalue weighted by molar-refractivity contribution is 7.13. The van der Waals surface area contributed by atoms with Crippen molar-refractivity contribution in [2.75, 3.05) is 44.2 Å². The summed E-state index contributed by atoms with van der Waals surface area (Å²) >= 11 is 1.67. The van der Waals surface area contributed by atoms with Crippen LogP contribution in [-0.4, -0.2) is 55.1 Å². The standard InChI is InChI=1S/C27H34N4O2S/c1-27(2,3)24-20-34-26(29-24)31(17-18-33-23-7-5-4-6-8-23)19-21-9-11-22(12-10-21)25(32)30-15-13-28-14-16-30/h4-12,20,28H,13-19H2,1-3H3. The Morgan fingerprint density at radius 1 is 1.09 bits per heavy atom. The molecule has 3 aromatic rings. The van der Waals surface area contributed by atoms with Crippen LogP contribution >= 0.6 is 11.3 Å². The zero-order chi connectivity index (χ0) is 24.0. The molecule has 0 bridgehead atoms. The number of hydrogen-bond acceptors (Lipinski definition) is 6. The van der Waals surface area contributed by atoms with Crippen molar-refractivity contribution < 1.29 is 9.53 Å². The Labute approximate surface area is 206 Å². The minimum atomic E-state index is 0.00689. The topological polar surface area (TPSA) is 57.7 Å². The molecule has 7 heteroatoms. The summed E-state index contributed by atoms with van der Waals surface area (Å²) in [5, 5.41) is 6.43. The van der Waals surface area contributed by atoms with Gasteiger partial charge in [-0.2, -0.15) is 0 Å². The van der Waals surface area contributed by atoms with E-state index < -0.39 is 0 Å². The van der Waals surface area contributed by atoms with Crippen molar-refractivity contribution in [1.29, 1.82) is 0 Å². The smallest absolute Gasteiger partial charge is 0.253 e. The van der Waals surface area contributed by atoms with Gasteiger partial charge in [-0.3, -0.25) is 4.79 Å². The third kappa shape index (κ3) is 6.36. The minimum Gasteiger partial charge on any atom is -0.492 e. The summed E-state index contributed by atoms with van der Waals surface area (Å²) in [4.78, 5) is 21.9. The predicted molar refractivity (Wildman–Crippen MR) is 139 cm³/mol. The number of hydrogen-bond donors (Lipinski definition) is 1. The number of para-hydroxylation sites is 1. The first kappa shape index (κ1) is 24.2. The first-order valence-corrected chi connectivity index (χ1v) is 12.8. The maximum atomic E-state index is 12.8. The first-order valence-electron chi connectivity index (χ1n) is 11.9. The normalized spacial score (nSPS) is 14.1. The molecule has 0 radical (unpaired) electrons. The summed E-state index contributed by atoms with van der Waals surface area (Å²) in [5.74, 6) is 0.976. The number of nitrogens with one attached hydrogen (secondary N) is 1. The molecule has 0 saturated carbocycles. The molecule has 6 nitrogen and oxygen atoms in total. The van der Waals surface area contributed by atoms with Crippen LogP contribution in [-0.2, 0) is 12.0 Å². The lowest BCUT2D eigenvalue weighted by atomic mass is 9.93. The van der Waals surface area contributed by atoms with Crippen LogP contribution in [0.5, 0.6) is 5.75 Å². The van der Waals surface area contributed by atoms with Crippen molar-refractivity contribution in [2.45, 2.75) is 32.7 Å². The maximum Gasteiger partial charge on any atom is 0.253 e.